The van der Waals surface area contributed by atoms with Gasteiger partial charge in [-0.3, -0.25) is 9.48 Å². The fraction of sp³-hybridized carbons (Fsp3) is 0.423. The van der Waals surface area contributed by atoms with Gasteiger partial charge in [0.2, 0.25) is 5.91 Å². The molecule has 224 valence electrons. The van der Waals surface area contributed by atoms with Crippen LogP contribution in [0.5, 0.6) is 0 Å². The average Bonchev–Trinajstić information content (AvgIpc) is 3.72. The molecule has 4 heterocycles. The first-order valence-electron chi connectivity index (χ1n) is 12.7. The molecule has 2 aromatic heterocycles. The van der Waals surface area contributed by atoms with Crippen molar-refractivity contribution < 1.29 is 45.5 Å². The van der Waals surface area contributed by atoms with E-state index in [-0.39, 0.29) is 30.9 Å². The normalized spacial score (nSPS) is 20.6. The first-order chi connectivity index (χ1) is 20.1. The number of piperidine rings is 1. The number of carbonyl (C=O) groups excluding carboxylic acids is 2. The van der Waals surface area contributed by atoms with Gasteiger partial charge in [-0.1, -0.05) is 11.2 Å². The van der Waals surface area contributed by atoms with E-state index in [0.29, 0.717) is 33.6 Å². The summed E-state index contributed by atoms with van der Waals surface area (Å²) in [5.41, 5.74) is -1.12. The van der Waals surface area contributed by atoms with Crippen LogP contribution in [0.3, 0.4) is 0 Å². The third kappa shape index (κ3) is 5.84. The number of rotatable bonds is 8. The summed E-state index contributed by atoms with van der Waals surface area (Å²) in [6.07, 6.45) is -6.67. The van der Waals surface area contributed by atoms with E-state index >= 15 is 0 Å². The number of esters is 1. The van der Waals surface area contributed by atoms with E-state index in [1.807, 2.05) is 0 Å². The molecule has 16 heteroatoms. The molecule has 0 bridgehead atoms. The van der Waals surface area contributed by atoms with Crippen molar-refractivity contribution in [2.75, 3.05) is 13.7 Å². The third-order valence-corrected chi connectivity index (χ3v) is 8.12. The molecule has 0 spiro atoms. The van der Waals surface area contributed by atoms with Crippen LogP contribution in [0.2, 0.25) is 0 Å². The summed E-state index contributed by atoms with van der Waals surface area (Å²) >= 11 is 1.27. The number of benzene rings is 1. The summed E-state index contributed by atoms with van der Waals surface area (Å²) in [5.74, 6) is -3.31. The zero-order chi connectivity index (χ0) is 30.1. The van der Waals surface area contributed by atoms with Crippen molar-refractivity contribution in [3.05, 3.63) is 68.9 Å². The number of nitrogens with zero attached hydrogens (tertiary/aromatic N) is 5. The Bertz CT molecular complexity index is 1490. The van der Waals surface area contributed by atoms with Crippen molar-refractivity contribution in [3.63, 3.8) is 0 Å². The largest absolute Gasteiger partial charge is 0.467 e. The van der Waals surface area contributed by atoms with Crippen LogP contribution >= 0.6 is 11.3 Å². The molecule has 42 heavy (non-hydrogen) atoms. The SMILES string of the molecule is COC(=O)C1CC(c2nc(C3=NOC(c4c(F)cccc4F)C3)cs2)CCN1C(=O)Cn1nc(C(F)F)cc1C(F)F. The number of aromatic nitrogens is 3. The van der Waals surface area contributed by atoms with Gasteiger partial charge in [0.25, 0.3) is 12.9 Å². The molecule has 5 rings (SSSR count). The van der Waals surface area contributed by atoms with Crippen LogP contribution in [0.15, 0.2) is 34.8 Å². The molecule has 3 unspecified atom stereocenters. The zero-order valence-electron chi connectivity index (χ0n) is 21.9. The molecule has 0 saturated carbocycles. The van der Waals surface area contributed by atoms with Crippen LogP contribution in [-0.2, 0) is 25.7 Å². The molecule has 2 aliphatic rings. The van der Waals surface area contributed by atoms with Gasteiger partial charge in [-0.05, 0) is 31.0 Å². The van der Waals surface area contributed by atoms with Gasteiger partial charge in [-0.2, -0.15) is 5.10 Å². The fourth-order valence-corrected chi connectivity index (χ4v) is 6.02. The smallest absolute Gasteiger partial charge is 0.328 e. The van der Waals surface area contributed by atoms with E-state index in [2.05, 4.69) is 15.2 Å². The Balaban J connectivity index is 1.28. The number of hydrogen-bond donors (Lipinski definition) is 0. The Morgan fingerprint density at radius 2 is 1.90 bits per heavy atom. The molecule has 3 aromatic rings. The predicted octanol–water partition coefficient (Wildman–Crippen LogP) is 5.31. The summed E-state index contributed by atoms with van der Waals surface area (Å²) in [5, 5.41) is 9.72. The van der Waals surface area contributed by atoms with E-state index in [1.54, 1.807) is 5.38 Å². The summed E-state index contributed by atoms with van der Waals surface area (Å²) in [6.45, 7) is -0.737. The van der Waals surface area contributed by atoms with Gasteiger partial charge >= 0.3 is 5.97 Å². The first-order valence-corrected chi connectivity index (χ1v) is 13.6. The van der Waals surface area contributed by atoms with Crippen molar-refractivity contribution in [1.82, 2.24) is 19.7 Å². The second-order valence-corrected chi connectivity index (χ2v) is 10.5. The molecule has 1 fully saturated rings. The maximum absolute atomic E-state index is 14.2. The topological polar surface area (TPSA) is 98.9 Å². The number of carbonyl (C=O) groups is 2. The number of thiazole rings is 1. The molecule has 0 aliphatic carbocycles. The van der Waals surface area contributed by atoms with Gasteiger partial charge in [0, 0.05) is 24.3 Å². The summed E-state index contributed by atoms with van der Waals surface area (Å²) in [7, 11) is 1.14. The average molecular weight is 616 g/mol. The monoisotopic (exact) mass is 615 g/mol. The lowest BCUT2D eigenvalue weighted by Crippen LogP contribution is -2.51. The van der Waals surface area contributed by atoms with Gasteiger partial charge in [0.1, 0.15) is 41.3 Å². The number of alkyl halides is 4. The molecular weight excluding hydrogens is 592 g/mol. The highest BCUT2D eigenvalue weighted by Gasteiger charge is 2.39. The van der Waals surface area contributed by atoms with Crippen LogP contribution in [0.1, 0.15) is 71.8 Å². The number of methoxy groups -OCH3 is 1. The number of amides is 1. The van der Waals surface area contributed by atoms with Crippen LogP contribution in [0.25, 0.3) is 0 Å². The van der Waals surface area contributed by atoms with Gasteiger partial charge in [0.15, 0.2) is 6.10 Å². The molecule has 2 aliphatic heterocycles. The van der Waals surface area contributed by atoms with Gasteiger partial charge in [-0.25, -0.2) is 36.1 Å². The second kappa shape index (κ2) is 12.1. The standard InChI is InChI=1S/C26H23F6N5O4S/c1-40-26(39)19-7-12(5-6-36(19)21(38)10-37-18(24(31)32)8-16(34-37)23(29)30)25-33-17(11-42-25)15-9-20(41-35-15)22-13(27)3-2-4-14(22)28/h2-4,8,11-12,19-20,23-24H,5-7,9-10H2,1H3. The Kier molecular flexibility index (Phi) is 8.52. The van der Waals surface area contributed by atoms with Gasteiger partial charge in [-0.15, -0.1) is 11.3 Å². The lowest BCUT2D eigenvalue weighted by atomic mass is 9.91. The molecule has 9 nitrogen and oxygen atoms in total. The summed E-state index contributed by atoms with van der Waals surface area (Å²) < 4.78 is 86.6. The van der Waals surface area contributed by atoms with Crippen molar-refractivity contribution in [3.8, 4) is 0 Å². The van der Waals surface area contributed by atoms with Crippen molar-refractivity contribution >= 4 is 28.9 Å². The lowest BCUT2D eigenvalue weighted by molar-refractivity contribution is -0.155. The van der Waals surface area contributed by atoms with Crippen LogP contribution < -0.4 is 0 Å². The molecule has 3 atom stereocenters. The third-order valence-electron chi connectivity index (χ3n) is 7.12. The maximum Gasteiger partial charge on any atom is 0.328 e. The highest BCUT2D eigenvalue weighted by Crippen LogP contribution is 2.37. The molecule has 0 radical (unpaired) electrons. The van der Waals surface area contributed by atoms with Crippen LogP contribution in [0, 0.1) is 11.6 Å². The molecule has 1 amide bonds. The van der Waals surface area contributed by atoms with E-state index in [0.717, 1.165) is 24.1 Å². The Morgan fingerprint density at radius 3 is 2.57 bits per heavy atom. The predicted molar refractivity (Wildman–Crippen MR) is 135 cm³/mol. The van der Waals surface area contributed by atoms with Crippen molar-refractivity contribution in [2.45, 2.75) is 56.7 Å². The zero-order valence-corrected chi connectivity index (χ0v) is 22.7. The summed E-state index contributed by atoms with van der Waals surface area (Å²) in [4.78, 5) is 36.8. The first kappa shape index (κ1) is 29.5. The van der Waals surface area contributed by atoms with E-state index in [4.69, 9.17) is 9.57 Å². The summed E-state index contributed by atoms with van der Waals surface area (Å²) in [6, 6.07) is 2.96. The minimum Gasteiger partial charge on any atom is -0.467 e. The van der Waals surface area contributed by atoms with E-state index in [1.165, 1.54) is 17.4 Å². The number of hydrogen-bond acceptors (Lipinski definition) is 8. The van der Waals surface area contributed by atoms with E-state index < -0.39 is 66.4 Å². The minimum absolute atomic E-state index is 0.0316. The Labute approximate surface area is 238 Å². The number of oxime groups is 1. The highest BCUT2D eigenvalue weighted by atomic mass is 32.1. The molecule has 0 N–H and O–H groups in total. The number of halogens is 6. The minimum atomic E-state index is -3.14. The van der Waals surface area contributed by atoms with Crippen molar-refractivity contribution in [2.24, 2.45) is 5.16 Å². The van der Waals surface area contributed by atoms with Gasteiger partial charge in [0.05, 0.1) is 23.4 Å². The number of likely N-dealkylation sites (tertiary alicyclic amines) is 1. The van der Waals surface area contributed by atoms with Crippen LogP contribution in [-0.4, -0.2) is 56.9 Å². The van der Waals surface area contributed by atoms with Gasteiger partial charge < -0.3 is 14.5 Å². The molecule has 1 saturated heterocycles. The van der Waals surface area contributed by atoms with Crippen LogP contribution in [0.4, 0.5) is 26.3 Å². The number of ether oxygens (including phenoxy) is 1. The van der Waals surface area contributed by atoms with Crippen molar-refractivity contribution in [1.29, 1.82) is 0 Å². The fourth-order valence-electron chi connectivity index (χ4n) is 5.04. The highest BCUT2D eigenvalue weighted by molar-refractivity contribution is 7.10. The Hall–Kier alpha value is -3.95. The maximum atomic E-state index is 14.2. The second-order valence-electron chi connectivity index (χ2n) is 9.64. The van der Waals surface area contributed by atoms with E-state index in [9.17, 15) is 35.9 Å². The lowest BCUT2D eigenvalue weighted by Gasteiger charge is -2.37. The Morgan fingerprint density at radius 1 is 1.17 bits per heavy atom. The molecular formula is C26H23F6N5O4S. The molecule has 1 aromatic carbocycles. The quantitative estimate of drug-likeness (QED) is 0.252.